The van der Waals surface area contributed by atoms with Crippen molar-refractivity contribution < 1.29 is 24.4 Å². The van der Waals surface area contributed by atoms with Crippen LogP contribution >= 0.6 is 0 Å². The molecule has 3 unspecified atom stereocenters. The third kappa shape index (κ3) is 3.14. The lowest BCUT2D eigenvalue weighted by Gasteiger charge is -2.37. The molecule has 1 aromatic rings. The van der Waals surface area contributed by atoms with Crippen molar-refractivity contribution in [2.75, 3.05) is 7.11 Å². The molecule has 0 aliphatic heterocycles. The molecular weight excluding hydrogens is 290 g/mol. The summed E-state index contributed by atoms with van der Waals surface area (Å²) < 4.78 is 4.68. The highest BCUT2D eigenvalue weighted by atomic mass is 16.6. The first-order chi connectivity index (χ1) is 10.2. The summed E-state index contributed by atoms with van der Waals surface area (Å²) in [6.45, 7) is 1.52. The van der Waals surface area contributed by atoms with Crippen LogP contribution in [0.5, 0.6) is 0 Å². The SMILES string of the molecule is COC(=O)C1C(=O)CC(C)(O)CC1c1cccc([N+](=O)[O-])c1. The van der Waals surface area contributed by atoms with Crippen LogP contribution < -0.4 is 0 Å². The zero-order chi connectivity index (χ0) is 16.5. The normalized spacial score (nSPS) is 28.2. The number of rotatable bonds is 3. The van der Waals surface area contributed by atoms with Crippen LogP contribution in [-0.4, -0.2) is 34.5 Å². The molecule has 0 spiro atoms. The van der Waals surface area contributed by atoms with Crippen LogP contribution in [0.15, 0.2) is 24.3 Å². The molecule has 1 aromatic carbocycles. The molecule has 0 amide bonds. The van der Waals surface area contributed by atoms with E-state index in [0.717, 1.165) is 0 Å². The number of ketones is 1. The molecule has 1 aliphatic rings. The number of nitro benzene ring substituents is 1. The Labute approximate surface area is 127 Å². The van der Waals surface area contributed by atoms with Gasteiger partial charge >= 0.3 is 5.97 Å². The fourth-order valence-corrected chi connectivity index (χ4v) is 2.98. The van der Waals surface area contributed by atoms with Crippen molar-refractivity contribution in [1.82, 2.24) is 0 Å². The summed E-state index contributed by atoms with van der Waals surface area (Å²) in [5.41, 5.74) is -0.909. The van der Waals surface area contributed by atoms with E-state index in [9.17, 15) is 24.8 Å². The third-order valence-electron chi connectivity index (χ3n) is 3.93. The van der Waals surface area contributed by atoms with Crippen LogP contribution in [0.2, 0.25) is 0 Å². The fraction of sp³-hybridized carbons (Fsp3) is 0.467. The topological polar surface area (TPSA) is 107 Å². The Morgan fingerprint density at radius 3 is 2.77 bits per heavy atom. The molecule has 0 heterocycles. The Balaban J connectivity index is 2.46. The van der Waals surface area contributed by atoms with Crippen molar-refractivity contribution in [3.05, 3.63) is 39.9 Å². The van der Waals surface area contributed by atoms with Gasteiger partial charge in [0.15, 0.2) is 5.78 Å². The lowest BCUT2D eigenvalue weighted by atomic mass is 9.69. The number of methoxy groups -OCH3 is 1. The highest BCUT2D eigenvalue weighted by Gasteiger charge is 2.46. The second-order valence-corrected chi connectivity index (χ2v) is 5.80. The van der Waals surface area contributed by atoms with Crippen molar-refractivity contribution in [2.24, 2.45) is 5.92 Å². The quantitative estimate of drug-likeness (QED) is 0.393. The van der Waals surface area contributed by atoms with Gasteiger partial charge in [-0.3, -0.25) is 19.7 Å². The number of esters is 1. The van der Waals surface area contributed by atoms with Crippen molar-refractivity contribution in [1.29, 1.82) is 0 Å². The Morgan fingerprint density at radius 1 is 1.50 bits per heavy atom. The molecule has 2 rings (SSSR count). The summed E-state index contributed by atoms with van der Waals surface area (Å²) in [7, 11) is 1.19. The monoisotopic (exact) mass is 307 g/mol. The van der Waals surface area contributed by atoms with Gasteiger partial charge in [0, 0.05) is 24.5 Å². The maximum atomic E-state index is 12.2. The summed E-state index contributed by atoms with van der Waals surface area (Å²) in [4.78, 5) is 34.5. The van der Waals surface area contributed by atoms with E-state index in [2.05, 4.69) is 4.74 Å². The van der Waals surface area contributed by atoms with E-state index in [4.69, 9.17) is 0 Å². The van der Waals surface area contributed by atoms with E-state index in [1.54, 1.807) is 6.07 Å². The minimum Gasteiger partial charge on any atom is -0.468 e. The Morgan fingerprint density at radius 2 is 2.18 bits per heavy atom. The summed E-state index contributed by atoms with van der Waals surface area (Å²) >= 11 is 0. The second kappa shape index (κ2) is 5.84. The highest BCUT2D eigenvalue weighted by Crippen LogP contribution is 2.41. The van der Waals surface area contributed by atoms with Crippen LogP contribution in [0.25, 0.3) is 0 Å². The average Bonchev–Trinajstić information content (AvgIpc) is 2.45. The number of Topliss-reactive ketones (excluding diaryl/α,β-unsaturated/α-hetero) is 1. The van der Waals surface area contributed by atoms with E-state index in [1.165, 1.54) is 32.2 Å². The third-order valence-corrected chi connectivity index (χ3v) is 3.93. The number of ether oxygens (including phenoxy) is 1. The second-order valence-electron chi connectivity index (χ2n) is 5.80. The zero-order valence-corrected chi connectivity index (χ0v) is 12.3. The number of carbonyl (C=O) groups is 2. The van der Waals surface area contributed by atoms with E-state index < -0.39 is 34.1 Å². The molecule has 7 heteroatoms. The maximum Gasteiger partial charge on any atom is 0.316 e. The molecule has 0 aromatic heterocycles. The lowest BCUT2D eigenvalue weighted by Crippen LogP contribution is -2.45. The molecule has 1 fully saturated rings. The molecular formula is C15H17NO6. The number of carbonyl (C=O) groups excluding carboxylic acids is 2. The van der Waals surface area contributed by atoms with Gasteiger partial charge in [0.2, 0.25) is 0 Å². The van der Waals surface area contributed by atoms with Gasteiger partial charge in [0.25, 0.3) is 5.69 Å². The van der Waals surface area contributed by atoms with Crippen LogP contribution in [0, 0.1) is 16.0 Å². The predicted octanol–water partition coefficient (Wildman–Crippen LogP) is 1.58. The highest BCUT2D eigenvalue weighted by molar-refractivity contribution is 6.01. The van der Waals surface area contributed by atoms with E-state index >= 15 is 0 Å². The standard InChI is InChI=1S/C15H17NO6/c1-15(19)7-11(13(12(17)8-15)14(18)22-2)9-4-3-5-10(6-9)16(20)21/h3-6,11,13,19H,7-8H2,1-2H3. The van der Waals surface area contributed by atoms with Crippen molar-refractivity contribution in [2.45, 2.75) is 31.3 Å². The van der Waals surface area contributed by atoms with Gasteiger partial charge in [-0.2, -0.15) is 0 Å². The van der Waals surface area contributed by atoms with Crippen LogP contribution in [0.4, 0.5) is 5.69 Å². The predicted molar refractivity (Wildman–Crippen MR) is 76.2 cm³/mol. The van der Waals surface area contributed by atoms with E-state index in [1.807, 2.05) is 0 Å². The first-order valence-electron chi connectivity index (χ1n) is 6.82. The fourth-order valence-electron chi connectivity index (χ4n) is 2.98. The van der Waals surface area contributed by atoms with Crippen molar-refractivity contribution in [3.8, 4) is 0 Å². The van der Waals surface area contributed by atoms with Gasteiger partial charge in [-0.05, 0) is 18.9 Å². The van der Waals surface area contributed by atoms with Gasteiger partial charge in [0.1, 0.15) is 5.92 Å². The Kier molecular flexibility index (Phi) is 4.27. The lowest BCUT2D eigenvalue weighted by molar-refractivity contribution is -0.384. The van der Waals surface area contributed by atoms with Gasteiger partial charge < -0.3 is 9.84 Å². The molecule has 3 atom stereocenters. The number of benzene rings is 1. The number of nitrogens with zero attached hydrogens (tertiary/aromatic N) is 1. The Hall–Kier alpha value is -2.28. The summed E-state index contributed by atoms with van der Waals surface area (Å²) in [5.74, 6) is -2.80. The number of nitro groups is 1. The maximum absolute atomic E-state index is 12.2. The minimum atomic E-state index is -1.25. The van der Waals surface area contributed by atoms with Crippen LogP contribution in [0.3, 0.4) is 0 Å². The molecule has 0 saturated heterocycles. The van der Waals surface area contributed by atoms with Crippen LogP contribution in [0.1, 0.15) is 31.2 Å². The number of aliphatic hydroxyl groups is 1. The first kappa shape index (κ1) is 16.1. The summed E-state index contributed by atoms with van der Waals surface area (Å²) in [6.07, 6.45) is 0.0118. The first-order valence-corrected chi connectivity index (χ1v) is 6.82. The van der Waals surface area contributed by atoms with E-state index in [-0.39, 0.29) is 18.5 Å². The Bertz CT molecular complexity index is 624. The number of hydrogen-bond acceptors (Lipinski definition) is 6. The number of hydrogen-bond donors (Lipinski definition) is 1. The van der Waals surface area contributed by atoms with Gasteiger partial charge in [-0.25, -0.2) is 0 Å². The summed E-state index contributed by atoms with van der Waals surface area (Å²) in [5, 5.41) is 21.1. The van der Waals surface area contributed by atoms with Crippen molar-refractivity contribution >= 4 is 17.4 Å². The summed E-state index contributed by atoms with van der Waals surface area (Å²) in [6, 6.07) is 5.77. The van der Waals surface area contributed by atoms with Gasteiger partial charge in [-0.15, -0.1) is 0 Å². The minimum absolute atomic E-state index is 0.126. The molecule has 7 nitrogen and oxygen atoms in total. The molecule has 1 saturated carbocycles. The molecule has 1 N–H and O–H groups in total. The van der Waals surface area contributed by atoms with Crippen LogP contribution in [-0.2, 0) is 14.3 Å². The van der Waals surface area contributed by atoms with Gasteiger partial charge in [-0.1, -0.05) is 12.1 Å². The molecule has 1 aliphatic carbocycles. The molecule has 118 valence electrons. The average molecular weight is 307 g/mol. The van der Waals surface area contributed by atoms with Gasteiger partial charge in [0.05, 0.1) is 17.6 Å². The largest absolute Gasteiger partial charge is 0.468 e. The van der Waals surface area contributed by atoms with Crippen molar-refractivity contribution in [3.63, 3.8) is 0 Å². The number of non-ortho nitro benzene ring substituents is 1. The molecule has 0 radical (unpaired) electrons. The smallest absolute Gasteiger partial charge is 0.316 e. The zero-order valence-electron chi connectivity index (χ0n) is 12.3. The molecule has 22 heavy (non-hydrogen) atoms. The molecule has 0 bridgehead atoms. The van der Waals surface area contributed by atoms with E-state index in [0.29, 0.717) is 5.56 Å².